The maximum atomic E-state index is 12.5. The molecule has 3 aromatic rings. The zero-order chi connectivity index (χ0) is 17.3. The highest BCUT2D eigenvalue weighted by molar-refractivity contribution is 6.30. The van der Waals surface area contributed by atoms with Crippen molar-refractivity contribution in [1.82, 2.24) is 10.3 Å². The summed E-state index contributed by atoms with van der Waals surface area (Å²) in [6.07, 6.45) is -0.807. The average Bonchev–Trinajstić information content (AvgIpc) is 2.87. The van der Waals surface area contributed by atoms with Crippen LogP contribution in [0, 0.1) is 13.8 Å². The molecule has 4 nitrogen and oxygen atoms in total. The van der Waals surface area contributed by atoms with Crippen LogP contribution in [0.25, 0.3) is 10.9 Å². The van der Waals surface area contributed by atoms with Gasteiger partial charge in [0.05, 0.1) is 17.2 Å². The van der Waals surface area contributed by atoms with Crippen LogP contribution in [0.1, 0.15) is 33.3 Å². The van der Waals surface area contributed by atoms with Crippen molar-refractivity contribution in [2.24, 2.45) is 0 Å². The van der Waals surface area contributed by atoms with Crippen LogP contribution in [0.15, 0.2) is 42.5 Å². The molecule has 2 aromatic carbocycles. The molecule has 3 rings (SSSR count). The second-order valence-electron chi connectivity index (χ2n) is 5.88. The summed E-state index contributed by atoms with van der Waals surface area (Å²) in [5.41, 5.74) is 4.25. The van der Waals surface area contributed by atoms with Gasteiger partial charge in [-0.3, -0.25) is 4.79 Å². The molecule has 24 heavy (non-hydrogen) atoms. The number of benzene rings is 2. The monoisotopic (exact) mass is 342 g/mol. The van der Waals surface area contributed by atoms with Gasteiger partial charge in [0.15, 0.2) is 0 Å². The largest absolute Gasteiger partial charge is 0.387 e. The lowest BCUT2D eigenvalue weighted by molar-refractivity contribution is 0.0918. The number of rotatable bonds is 4. The fourth-order valence-corrected chi connectivity index (χ4v) is 2.99. The van der Waals surface area contributed by atoms with E-state index in [0.717, 1.165) is 22.2 Å². The van der Waals surface area contributed by atoms with E-state index >= 15 is 0 Å². The number of carbonyl (C=O) groups excluding carboxylic acids is 1. The molecular formula is C19H19ClN2O2. The maximum Gasteiger partial charge on any atom is 0.253 e. The SMILES string of the molecule is Cc1[nH]c2c(C(=O)NC[C@@H](O)c3cccc(Cl)c3)cccc2c1C. The van der Waals surface area contributed by atoms with E-state index in [2.05, 4.69) is 10.3 Å². The smallest absolute Gasteiger partial charge is 0.253 e. The first-order valence-electron chi connectivity index (χ1n) is 7.77. The Kier molecular flexibility index (Phi) is 4.60. The number of fused-ring (bicyclic) bond motifs is 1. The van der Waals surface area contributed by atoms with Crippen LogP contribution in [0.4, 0.5) is 0 Å². The number of aryl methyl sites for hydroxylation is 2. The number of hydrogen-bond acceptors (Lipinski definition) is 2. The third-order valence-corrected chi connectivity index (χ3v) is 4.51. The van der Waals surface area contributed by atoms with Gasteiger partial charge in [0.2, 0.25) is 0 Å². The first-order valence-corrected chi connectivity index (χ1v) is 8.15. The number of nitrogens with one attached hydrogen (secondary N) is 2. The number of aromatic amines is 1. The molecule has 0 aliphatic carbocycles. The van der Waals surface area contributed by atoms with Gasteiger partial charge in [-0.15, -0.1) is 0 Å². The zero-order valence-electron chi connectivity index (χ0n) is 13.6. The number of hydrogen-bond donors (Lipinski definition) is 3. The molecule has 1 heterocycles. The van der Waals surface area contributed by atoms with Gasteiger partial charge in [-0.2, -0.15) is 0 Å². The molecule has 0 saturated heterocycles. The maximum absolute atomic E-state index is 12.5. The lowest BCUT2D eigenvalue weighted by atomic mass is 10.1. The number of aliphatic hydroxyl groups is 1. The number of aromatic nitrogens is 1. The summed E-state index contributed by atoms with van der Waals surface area (Å²) in [6, 6.07) is 12.6. The predicted octanol–water partition coefficient (Wildman–Crippen LogP) is 3.90. The number of aliphatic hydroxyl groups excluding tert-OH is 1. The van der Waals surface area contributed by atoms with Crippen LogP contribution in [-0.2, 0) is 0 Å². The van der Waals surface area contributed by atoms with Crippen molar-refractivity contribution >= 4 is 28.4 Å². The molecule has 0 saturated carbocycles. The molecule has 0 unspecified atom stereocenters. The summed E-state index contributed by atoms with van der Waals surface area (Å²) in [7, 11) is 0. The van der Waals surface area contributed by atoms with E-state index in [0.29, 0.717) is 16.1 Å². The minimum atomic E-state index is -0.807. The Hall–Kier alpha value is -2.30. The highest BCUT2D eigenvalue weighted by Crippen LogP contribution is 2.24. The second-order valence-corrected chi connectivity index (χ2v) is 6.32. The third-order valence-electron chi connectivity index (χ3n) is 4.28. The molecule has 0 radical (unpaired) electrons. The number of carbonyl (C=O) groups is 1. The van der Waals surface area contributed by atoms with Gasteiger partial charge in [0.25, 0.3) is 5.91 Å². The summed E-state index contributed by atoms with van der Waals surface area (Å²) in [6.45, 7) is 4.13. The van der Waals surface area contributed by atoms with E-state index in [9.17, 15) is 9.90 Å². The van der Waals surface area contributed by atoms with Crippen LogP contribution < -0.4 is 5.32 Å². The predicted molar refractivity (Wildman–Crippen MR) is 96.5 cm³/mol. The second kappa shape index (κ2) is 6.67. The molecule has 0 fully saturated rings. The van der Waals surface area contributed by atoms with E-state index in [-0.39, 0.29) is 12.5 Å². The minimum absolute atomic E-state index is 0.119. The van der Waals surface area contributed by atoms with Crippen molar-refractivity contribution in [3.05, 3.63) is 69.9 Å². The quantitative estimate of drug-likeness (QED) is 0.673. The molecule has 1 atom stereocenters. The van der Waals surface area contributed by atoms with E-state index in [1.54, 1.807) is 30.3 Å². The summed E-state index contributed by atoms with van der Waals surface area (Å²) in [4.78, 5) is 15.8. The molecular weight excluding hydrogens is 324 g/mol. The molecule has 0 spiro atoms. The van der Waals surface area contributed by atoms with Gasteiger partial charge < -0.3 is 15.4 Å². The van der Waals surface area contributed by atoms with Crippen molar-refractivity contribution in [2.75, 3.05) is 6.54 Å². The fraction of sp³-hybridized carbons (Fsp3) is 0.211. The Labute approximate surface area is 145 Å². The van der Waals surface area contributed by atoms with Gasteiger partial charge in [0.1, 0.15) is 0 Å². The normalized spacial score (nSPS) is 12.3. The Morgan fingerprint density at radius 1 is 1.25 bits per heavy atom. The van der Waals surface area contributed by atoms with E-state index < -0.39 is 6.10 Å². The van der Waals surface area contributed by atoms with E-state index in [4.69, 9.17) is 11.6 Å². The number of H-pyrrole nitrogens is 1. The first-order chi connectivity index (χ1) is 11.5. The minimum Gasteiger partial charge on any atom is -0.387 e. The Morgan fingerprint density at radius 2 is 2.00 bits per heavy atom. The van der Waals surface area contributed by atoms with Crippen LogP contribution >= 0.6 is 11.6 Å². The van der Waals surface area contributed by atoms with Crippen LogP contribution in [0.5, 0.6) is 0 Å². The molecule has 3 N–H and O–H groups in total. The third kappa shape index (κ3) is 3.16. The van der Waals surface area contributed by atoms with Gasteiger partial charge in [-0.05, 0) is 43.2 Å². The molecule has 5 heteroatoms. The highest BCUT2D eigenvalue weighted by atomic mass is 35.5. The average molecular weight is 343 g/mol. The van der Waals surface area contributed by atoms with Gasteiger partial charge in [-0.1, -0.05) is 35.9 Å². The van der Waals surface area contributed by atoms with Crippen molar-refractivity contribution in [3.8, 4) is 0 Å². The standard InChI is InChI=1S/C19H19ClN2O2/c1-11-12(2)22-18-15(11)7-4-8-16(18)19(24)21-10-17(23)13-5-3-6-14(20)9-13/h3-9,17,22-23H,10H2,1-2H3,(H,21,24)/t17-/m1/s1. The van der Waals surface area contributed by atoms with Crippen molar-refractivity contribution in [2.45, 2.75) is 20.0 Å². The van der Waals surface area contributed by atoms with Crippen molar-refractivity contribution < 1.29 is 9.90 Å². The number of para-hydroxylation sites is 1. The molecule has 0 bridgehead atoms. The summed E-state index contributed by atoms with van der Waals surface area (Å²) >= 11 is 5.93. The van der Waals surface area contributed by atoms with Crippen molar-refractivity contribution in [1.29, 1.82) is 0 Å². The van der Waals surface area contributed by atoms with Crippen molar-refractivity contribution in [3.63, 3.8) is 0 Å². The topological polar surface area (TPSA) is 65.1 Å². The van der Waals surface area contributed by atoms with Gasteiger partial charge >= 0.3 is 0 Å². The zero-order valence-corrected chi connectivity index (χ0v) is 14.3. The Balaban J connectivity index is 1.77. The Bertz CT molecular complexity index is 902. The summed E-state index contributed by atoms with van der Waals surface area (Å²) < 4.78 is 0. The molecule has 1 aromatic heterocycles. The van der Waals surface area contributed by atoms with E-state index in [1.165, 1.54) is 0 Å². The number of amides is 1. The van der Waals surface area contributed by atoms with Crippen LogP contribution in [0.3, 0.4) is 0 Å². The molecule has 1 amide bonds. The van der Waals surface area contributed by atoms with Gasteiger partial charge in [-0.25, -0.2) is 0 Å². The lowest BCUT2D eigenvalue weighted by Crippen LogP contribution is -2.28. The summed E-state index contributed by atoms with van der Waals surface area (Å²) in [5.74, 6) is -0.220. The fourth-order valence-electron chi connectivity index (χ4n) is 2.79. The lowest BCUT2D eigenvalue weighted by Gasteiger charge is -2.13. The number of halogens is 1. The first kappa shape index (κ1) is 16.6. The van der Waals surface area contributed by atoms with Gasteiger partial charge in [0, 0.05) is 22.6 Å². The van der Waals surface area contributed by atoms with Crippen LogP contribution in [-0.4, -0.2) is 22.5 Å². The highest BCUT2D eigenvalue weighted by Gasteiger charge is 2.15. The Morgan fingerprint density at radius 3 is 2.75 bits per heavy atom. The summed E-state index contributed by atoms with van der Waals surface area (Å²) in [5, 5.41) is 14.6. The molecule has 0 aliphatic rings. The molecule has 124 valence electrons. The van der Waals surface area contributed by atoms with E-state index in [1.807, 2.05) is 26.0 Å². The molecule has 0 aliphatic heterocycles. The van der Waals surface area contributed by atoms with Crippen LogP contribution in [0.2, 0.25) is 5.02 Å².